The molecule has 1 rings (SSSR count). The first-order valence-electron chi connectivity index (χ1n) is 7.51. The lowest BCUT2D eigenvalue weighted by molar-refractivity contribution is 0.106. The van der Waals surface area contributed by atoms with Crippen molar-refractivity contribution in [2.75, 3.05) is 13.1 Å². The highest BCUT2D eigenvalue weighted by molar-refractivity contribution is 9.10. The molecule has 4 nitrogen and oxygen atoms in total. The van der Waals surface area contributed by atoms with Crippen molar-refractivity contribution < 1.29 is 0 Å². The van der Waals surface area contributed by atoms with Gasteiger partial charge in [0.05, 0.1) is 15.9 Å². The van der Waals surface area contributed by atoms with E-state index in [0.717, 1.165) is 36.2 Å². The molecule has 0 amide bonds. The van der Waals surface area contributed by atoms with Gasteiger partial charge < -0.3 is 5.73 Å². The number of rotatable bonds is 7. The molecule has 0 aliphatic heterocycles. The minimum Gasteiger partial charge on any atom is -0.326 e. The molecule has 1 unspecified atom stereocenters. The van der Waals surface area contributed by atoms with Crippen molar-refractivity contribution >= 4 is 15.9 Å². The third kappa shape index (κ3) is 3.43. The molecule has 116 valence electrons. The van der Waals surface area contributed by atoms with Crippen molar-refractivity contribution in [1.29, 1.82) is 0 Å². The molecule has 0 saturated carbocycles. The van der Waals surface area contributed by atoms with Crippen LogP contribution in [-0.2, 0) is 13.0 Å². The van der Waals surface area contributed by atoms with Gasteiger partial charge in [-0.1, -0.05) is 13.8 Å². The van der Waals surface area contributed by atoms with Crippen LogP contribution in [0, 0.1) is 6.92 Å². The summed E-state index contributed by atoms with van der Waals surface area (Å²) in [6.07, 6.45) is 0.832. The van der Waals surface area contributed by atoms with E-state index in [4.69, 9.17) is 5.73 Å². The second kappa shape index (κ2) is 7.05. The quantitative estimate of drug-likeness (QED) is 0.826. The van der Waals surface area contributed by atoms with E-state index in [1.165, 1.54) is 5.69 Å². The fourth-order valence-electron chi connectivity index (χ4n) is 2.80. The number of likely N-dealkylation sites (N-methyl/N-ethyl adjacent to an activating group) is 1. The normalized spacial score (nSPS) is 14.1. The second-order valence-corrected chi connectivity index (χ2v) is 6.59. The lowest BCUT2D eigenvalue weighted by Gasteiger charge is -2.42. The van der Waals surface area contributed by atoms with Gasteiger partial charge in [-0.3, -0.25) is 9.58 Å². The Labute approximate surface area is 131 Å². The molecule has 0 aliphatic rings. The zero-order valence-electron chi connectivity index (χ0n) is 13.7. The number of hydrogen-bond donors (Lipinski definition) is 1. The van der Waals surface area contributed by atoms with Crippen molar-refractivity contribution in [2.24, 2.45) is 5.73 Å². The van der Waals surface area contributed by atoms with Gasteiger partial charge in [0, 0.05) is 24.5 Å². The van der Waals surface area contributed by atoms with E-state index in [-0.39, 0.29) is 11.6 Å². The SMILES string of the molecule is CCN(CC)C(C)(C)C(N)Cc1c(Br)c(C)nn1CC. The number of hydrogen-bond acceptors (Lipinski definition) is 3. The average molecular weight is 345 g/mol. The van der Waals surface area contributed by atoms with Crippen LogP contribution < -0.4 is 5.73 Å². The van der Waals surface area contributed by atoms with Crippen molar-refractivity contribution in [1.82, 2.24) is 14.7 Å². The predicted octanol–water partition coefficient (Wildman–Crippen LogP) is 2.96. The maximum atomic E-state index is 6.53. The fourth-order valence-corrected chi connectivity index (χ4v) is 3.24. The summed E-state index contributed by atoms with van der Waals surface area (Å²) in [7, 11) is 0. The van der Waals surface area contributed by atoms with E-state index in [1.54, 1.807) is 0 Å². The molecule has 1 aromatic rings. The van der Waals surface area contributed by atoms with Crippen LogP contribution >= 0.6 is 15.9 Å². The number of nitrogens with zero attached hydrogens (tertiary/aromatic N) is 3. The number of aryl methyl sites for hydroxylation is 2. The minimum atomic E-state index is -0.0281. The monoisotopic (exact) mass is 344 g/mol. The Morgan fingerprint density at radius 2 is 1.85 bits per heavy atom. The van der Waals surface area contributed by atoms with Gasteiger partial charge in [0.15, 0.2) is 0 Å². The fraction of sp³-hybridized carbons (Fsp3) is 0.800. The van der Waals surface area contributed by atoms with Crippen LogP contribution in [0.1, 0.15) is 46.0 Å². The van der Waals surface area contributed by atoms with Gasteiger partial charge in [-0.15, -0.1) is 0 Å². The van der Waals surface area contributed by atoms with E-state index >= 15 is 0 Å². The molecule has 1 heterocycles. The summed E-state index contributed by atoms with van der Waals surface area (Å²) in [6, 6.07) is 0.0695. The Morgan fingerprint density at radius 3 is 2.30 bits per heavy atom. The summed E-state index contributed by atoms with van der Waals surface area (Å²) in [5, 5.41) is 4.55. The van der Waals surface area contributed by atoms with Gasteiger partial charge in [0.25, 0.3) is 0 Å². The van der Waals surface area contributed by atoms with Crippen molar-refractivity contribution in [2.45, 2.75) is 66.1 Å². The van der Waals surface area contributed by atoms with E-state index in [1.807, 2.05) is 6.92 Å². The highest BCUT2D eigenvalue weighted by Crippen LogP contribution is 2.26. The summed E-state index contributed by atoms with van der Waals surface area (Å²) in [5.74, 6) is 0. The molecular formula is C15H29BrN4. The highest BCUT2D eigenvalue weighted by atomic mass is 79.9. The second-order valence-electron chi connectivity index (χ2n) is 5.80. The summed E-state index contributed by atoms with van der Waals surface area (Å²) in [6.45, 7) is 15.9. The molecule has 0 aromatic carbocycles. The summed E-state index contributed by atoms with van der Waals surface area (Å²) >= 11 is 3.66. The maximum absolute atomic E-state index is 6.53. The van der Waals surface area contributed by atoms with E-state index in [0.29, 0.717) is 0 Å². The van der Waals surface area contributed by atoms with Gasteiger partial charge in [-0.2, -0.15) is 5.10 Å². The van der Waals surface area contributed by atoms with Gasteiger partial charge in [0.2, 0.25) is 0 Å². The van der Waals surface area contributed by atoms with Gasteiger partial charge >= 0.3 is 0 Å². The molecular weight excluding hydrogens is 316 g/mol. The number of halogens is 1. The molecule has 0 radical (unpaired) electrons. The smallest absolute Gasteiger partial charge is 0.0738 e. The molecule has 20 heavy (non-hydrogen) atoms. The zero-order chi connectivity index (χ0) is 15.5. The Morgan fingerprint density at radius 1 is 1.30 bits per heavy atom. The Kier molecular flexibility index (Phi) is 6.23. The topological polar surface area (TPSA) is 47.1 Å². The molecule has 1 atom stereocenters. The van der Waals surface area contributed by atoms with Crippen LogP contribution in [0.5, 0.6) is 0 Å². The van der Waals surface area contributed by atoms with Gasteiger partial charge in [-0.05, 0) is 56.7 Å². The predicted molar refractivity (Wildman–Crippen MR) is 89.0 cm³/mol. The summed E-state index contributed by atoms with van der Waals surface area (Å²) < 4.78 is 3.16. The van der Waals surface area contributed by atoms with Crippen LogP contribution in [0.15, 0.2) is 4.47 Å². The van der Waals surface area contributed by atoms with Gasteiger partial charge in [0.1, 0.15) is 0 Å². The standard InChI is InChI=1S/C15H29BrN4/c1-7-19(8-2)15(5,6)13(17)10-12-14(16)11(4)18-20(12)9-3/h13H,7-10,17H2,1-6H3. The number of aromatic nitrogens is 2. The maximum Gasteiger partial charge on any atom is 0.0738 e. The van der Waals surface area contributed by atoms with Crippen LogP contribution in [-0.4, -0.2) is 39.4 Å². The third-order valence-electron chi connectivity index (χ3n) is 4.35. The average Bonchev–Trinajstić information content (AvgIpc) is 2.67. The first-order chi connectivity index (χ1) is 9.29. The van der Waals surface area contributed by atoms with Crippen molar-refractivity contribution in [3.63, 3.8) is 0 Å². The Hall–Kier alpha value is -0.390. The Bertz CT molecular complexity index is 435. The molecule has 0 saturated heterocycles. The molecule has 2 N–H and O–H groups in total. The van der Waals surface area contributed by atoms with Gasteiger partial charge in [-0.25, -0.2) is 0 Å². The molecule has 0 bridgehead atoms. The molecule has 1 aromatic heterocycles. The van der Waals surface area contributed by atoms with E-state index in [9.17, 15) is 0 Å². The molecule has 0 fully saturated rings. The molecule has 0 spiro atoms. The lowest BCUT2D eigenvalue weighted by Crippen LogP contribution is -2.57. The largest absolute Gasteiger partial charge is 0.326 e. The van der Waals surface area contributed by atoms with Crippen molar-refractivity contribution in [3.05, 3.63) is 15.9 Å². The number of nitrogens with two attached hydrogens (primary N) is 1. The van der Waals surface area contributed by atoms with Crippen LogP contribution in [0.3, 0.4) is 0 Å². The van der Waals surface area contributed by atoms with E-state index in [2.05, 4.69) is 65.2 Å². The first kappa shape index (κ1) is 17.7. The summed E-state index contributed by atoms with van der Waals surface area (Å²) in [5.41, 5.74) is 8.75. The molecule has 5 heteroatoms. The van der Waals surface area contributed by atoms with E-state index < -0.39 is 0 Å². The third-order valence-corrected chi connectivity index (χ3v) is 5.38. The molecule has 0 aliphatic carbocycles. The lowest BCUT2D eigenvalue weighted by atomic mass is 9.89. The van der Waals surface area contributed by atoms with Crippen LogP contribution in [0.2, 0.25) is 0 Å². The minimum absolute atomic E-state index is 0.0281. The van der Waals surface area contributed by atoms with Crippen LogP contribution in [0.4, 0.5) is 0 Å². The highest BCUT2D eigenvalue weighted by Gasteiger charge is 2.32. The summed E-state index contributed by atoms with van der Waals surface area (Å²) in [4.78, 5) is 2.42. The zero-order valence-corrected chi connectivity index (χ0v) is 15.3. The van der Waals surface area contributed by atoms with Crippen molar-refractivity contribution in [3.8, 4) is 0 Å². The first-order valence-corrected chi connectivity index (χ1v) is 8.31. The Balaban J connectivity index is 2.98. The van der Waals surface area contributed by atoms with Crippen LogP contribution in [0.25, 0.3) is 0 Å².